The lowest BCUT2D eigenvalue weighted by Gasteiger charge is -2.35. The van der Waals surface area contributed by atoms with Crippen LogP contribution in [0.4, 0.5) is 0 Å². The molecule has 0 amide bonds. The highest BCUT2D eigenvalue weighted by molar-refractivity contribution is 8.00. The number of hydrogen-bond donors (Lipinski definition) is 1. The van der Waals surface area contributed by atoms with Gasteiger partial charge in [0.1, 0.15) is 0 Å². The Morgan fingerprint density at radius 2 is 1.65 bits per heavy atom. The summed E-state index contributed by atoms with van der Waals surface area (Å²) < 4.78 is 0.573. The highest BCUT2D eigenvalue weighted by Crippen LogP contribution is 2.40. The van der Waals surface area contributed by atoms with Gasteiger partial charge in [0.2, 0.25) is 0 Å². The molecular formula is C15H29NS. The lowest BCUT2D eigenvalue weighted by atomic mass is 9.80. The predicted octanol–water partition coefficient (Wildman–Crippen LogP) is 4.08. The van der Waals surface area contributed by atoms with E-state index in [1.54, 1.807) is 0 Å². The number of rotatable bonds is 4. The first-order chi connectivity index (χ1) is 8.13. The first-order valence-corrected chi connectivity index (χ1v) is 8.64. The second kappa shape index (κ2) is 5.97. The number of nitrogens with one attached hydrogen (secondary N) is 1. The van der Waals surface area contributed by atoms with Crippen molar-refractivity contribution in [1.29, 1.82) is 0 Å². The van der Waals surface area contributed by atoms with E-state index in [0.29, 0.717) is 4.75 Å². The summed E-state index contributed by atoms with van der Waals surface area (Å²) in [7, 11) is 0. The normalized spacial score (nSPS) is 37.2. The fourth-order valence-corrected chi connectivity index (χ4v) is 4.84. The van der Waals surface area contributed by atoms with E-state index in [1.165, 1.54) is 51.5 Å². The maximum atomic E-state index is 3.90. The molecule has 2 saturated carbocycles. The number of hydrogen-bond acceptors (Lipinski definition) is 2. The van der Waals surface area contributed by atoms with Crippen LogP contribution in [-0.4, -0.2) is 23.6 Å². The molecule has 2 heteroatoms. The van der Waals surface area contributed by atoms with Gasteiger partial charge in [0, 0.05) is 17.3 Å². The van der Waals surface area contributed by atoms with Crippen LogP contribution in [0.1, 0.15) is 58.8 Å². The molecule has 2 rings (SSSR count). The van der Waals surface area contributed by atoms with Crippen molar-refractivity contribution in [2.24, 2.45) is 11.8 Å². The second-order valence-electron chi connectivity index (χ2n) is 6.59. The van der Waals surface area contributed by atoms with Gasteiger partial charge < -0.3 is 5.32 Å². The van der Waals surface area contributed by atoms with E-state index in [9.17, 15) is 0 Å². The van der Waals surface area contributed by atoms with Crippen molar-refractivity contribution in [2.75, 3.05) is 12.8 Å². The Balaban J connectivity index is 1.80. The van der Waals surface area contributed by atoms with E-state index in [2.05, 4.69) is 37.2 Å². The third-order valence-corrected chi connectivity index (χ3v) is 6.26. The first kappa shape index (κ1) is 13.7. The van der Waals surface area contributed by atoms with Crippen molar-refractivity contribution in [2.45, 2.75) is 69.6 Å². The quantitative estimate of drug-likeness (QED) is 0.812. The molecule has 0 heterocycles. The SMILES string of the molecule is CSC1(CNC2CC(C)CC(C)C2)CCCC1. The lowest BCUT2D eigenvalue weighted by Crippen LogP contribution is -2.43. The van der Waals surface area contributed by atoms with Gasteiger partial charge in [0.25, 0.3) is 0 Å². The van der Waals surface area contributed by atoms with Gasteiger partial charge in [0.15, 0.2) is 0 Å². The summed E-state index contributed by atoms with van der Waals surface area (Å²) in [6.07, 6.45) is 12.3. The van der Waals surface area contributed by atoms with Crippen LogP contribution in [0.15, 0.2) is 0 Å². The molecule has 0 spiro atoms. The van der Waals surface area contributed by atoms with E-state index in [0.717, 1.165) is 17.9 Å². The van der Waals surface area contributed by atoms with Crippen LogP contribution in [0.2, 0.25) is 0 Å². The van der Waals surface area contributed by atoms with Gasteiger partial charge >= 0.3 is 0 Å². The molecule has 17 heavy (non-hydrogen) atoms. The van der Waals surface area contributed by atoms with Gasteiger partial charge in [-0.3, -0.25) is 0 Å². The Morgan fingerprint density at radius 1 is 1.06 bits per heavy atom. The van der Waals surface area contributed by atoms with Crippen LogP contribution < -0.4 is 5.32 Å². The van der Waals surface area contributed by atoms with Gasteiger partial charge in [-0.25, -0.2) is 0 Å². The highest BCUT2D eigenvalue weighted by atomic mass is 32.2. The molecule has 2 aliphatic rings. The summed E-state index contributed by atoms with van der Waals surface area (Å²) >= 11 is 2.11. The molecule has 2 fully saturated rings. The molecule has 2 unspecified atom stereocenters. The molecule has 1 N–H and O–H groups in total. The second-order valence-corrected chi connectivity index (χ2v) is 7.86. The Bertz CT molecular complexity index is 225. The fourth-order valence-electron chi connectivity index (χ4n) is 3.92. The first-order valence-electron chi connectivity index (χ1n) is 7.42. The van der Waals surface area contributed by atoms with Crippen LogP contribution in [0.5, 0.6) is 0 Å². The third-order valence-electron chi connectivity index (χ3n) is 4.84. The Hall–Kier alpha value is 0.310. The largest absolute Gasteiger partial charge is 0.313 e. The Kier molecular flexibility index (Phi) is 4.82. The van der Waals surface area contributed by atoms with Crippen molar-refractivity contribution < 1.29 is 0 Å². The van der Waals surface area contributed by atoms with Crippen molar-refractivity contribution in [3.8, 4) is 0 Å². The van der Waals surface area contributed by atoms with Crippen molar-refractivity contribution in [1.82, 2.24) is 5.32 Å². The monoisotopic (exact) mass is 255 g/mol. The fraction of sp³-hybridized carbons (Fsp3) is 1.00. The molecule has 0 aromatic heterocycles. The Morgan fingerprint density at radius 3 is 2.18 bits per heavy atom. The van der Waals surface area contributed by atoms with Crippen LogP contribution >= 0.6 is 11.8 Å². The van der Waals surface area contributed by atoms with Crippen LogP contribution in [-0.2, 0) is 0 Å². The molecule has 0 radical (unpaired) electrons. The van der Waals surface area contributed by atoms with Gasteiger partial charge in [-0.15, -0.1) is 0 Å². The summed E-state index contributed by atoms with van der Waals surface area (Å²) in [6, 6.07) is 0.790. The summed E-state index contributed by atoms with van der Waals surface area (Å²) in [4.78, 5) is 0. The summed E-state index contributed by atoms with van der Waals surface area (Å²) in [6.45, 7) is 6.09. The molecule has 0 aromatic carbocycles. The molecule has 0 bridgehead atoms. The molecule has 2 aliphatic carbocycles. The minimum Gasteiger partial charge on any atom is -0.313 e. The minimum atomic E-state index is 0.573. The van der Waals surface area contributed by atoms with Gasteiger partial charge in [0.05, 0.1) is 0 Å². The van der Waals surface area contributed by atoms with Crippen molar-refractivity contribution in [3.05, 3.63) is 0 Å². The number of thioether (sulfide) groups is 1. The Labute approximate surface area is 112 Å². The van der Waals surface area contributed by atoms with E-state index < -0.39 is 0 Å². The van der Waals surface area contributed by atoms with Gasteiger partial charge in [-0.2, -0.15) is 11.8 Å². The van der Waals surface area contributed by atoms with E-state index in [1.807, 2.05) is 0 Å². The zero-order valence-corrected chi connectivity index (χ0v) is 12.6. The van der Waals surface area contributed by atoms with Crippen molar-refractivity contribution >= 4 is 11.8 Å². The zero-order valence-electron chi connectivity index (χ0n) is 11.8. The maximum Gasteiger partial charge on any atom is 0.0281 e. The van der Waals surface area contributed by atoms with Crippen LogP contribution in [0.3, 0.4) is 0 Å². The van der Waals surface area contributed by atoms with Crippen LogP contribution in [0.25, 0.3) is 0 Å². The topological polar surface area (TPSA) is 12.0 Å². The average Bonchev–Trinajstić information content (AvgIpc) is 2.74. The molecule has 1 nitrogen and oxygen atoms in total. The highest BCUT2D eigenvalue weighted by Gasteiger charge is 2.34. The summed E-state index contributed by atoms with van der Waals surface area (Å²) in [5.41, 5.74) is 0. The molecule has 0 aromatic rings. The summed E-state index contributed by atoms with van der Waals surface area (Å²) in [5, 5.41) is 3.90. The maximum absolute atomic E-state index is 3.90. The van der Waals surface area contributed by atoms with E-state index in [4.69, 9.17) is 0 Å². The zero-order chi connectivity index (χ0) is 12.3. The molecular weight excluding hydrogens is 226 g/mol. The van der Waals surface area contributed by atoms with Gasteiger partial charge in [-0.05, 0) is 50.2 Å². The van der Waals surface area contributed by atoms with Gasteiger partial charge in [-0.1, -0.05) is 26.7 Å². The third kappa shape index (κ3) is 3.64. The van der Waals surface area contributed by atoms with Crippen molar-refractivity contribution in [3.63, 3.8) is 0 Å². The smallest absolute Gasteiger partial charge is 0.0281 e. The molecule has 0 saturated heterocycles. The van der Waals surface area contributed by atoms with E-state index >= 15 is 0 Å². The van der Waals surface area contributed by atoms with Crippen LogP contribution in [0, 0.1) is 11.8 Å². The summed E-state index contributed by atoms with van der Waals surface area (Å²) in [5.74, 6) is 1.84. The standard InChI is InChI=1S/C15H29NS/c1-12-8-13(2)10-14(9-12)16-11-15(17-3)6-4-5-7-15/h12-14,16H,4-11H2,1-3H3. The predicted molar refractivity (Wildman–Crippen MR) is 78.7 cm³/mol. The molecule has 2 atom stereocenters. The molecule has 100 valence electrons. The lowest BCUT2D eigenvalue weighted by molar-refractivity contribution is 0.235. The van der Waals surface area contributed by atoms with E-state index in [-0.39, 0.29) is 0 Å². The average molecular weight is 255 g/mol. The minimum absolute atomic E-state index is 0.573. The molecule has 0 aliphatic heterocycles.